The fraction of sp³-hybridized carbons (Fsp3) is 0.435. The molecule has 0 radical (unpaired) electrons. The standard InChI is InChI=1S/C23H27N3O3/c1-15-11-16(2)13-25(12-15)20(27)14-26-21(28)23(3,24-22(26)29)19-10-6-8-17-7-4-5-9-18(17)19/h4-10,15-16H,11-14H2,1-3H3,(H,24,29)/t15-,16+,23-/m0/s1. The van der Waals surface area contributed by atoms with E-state index in [1.54, 1.807) is 11.8 Å². The van der Waals surface area contributed by atoms with Crippen LogP contribution < -0.4 is 5.32 Å². The van der Waals surface area contributed by atoms with Crippen LogP contribution in [0.3, 0.4) is 0 Å². The lowest BCUT2D eigenvalue weighted by Crippen LogP contribution is -2.48. The molecule has 152 valence electrons. The number of benzene rings is 2. The van der Waals surface area contributed by atoms with Crippen LogP contribution in [-0.2, 0) is 15.1 Å². The van der Waals surface area contributed by atoms with Crippen LogP contribution in [0.25, 0.3) is 10.8 Å². The Balaban J connectivity index is 1.59. The zero-order valence-corrected chi connectivity index (χ0v) is 17.1. The maximum absolute atomic E-state index is 13.3. The van der Waals surface area contributed by atoms with E-state index >= 15 is 0 Å². The Kier molecular flexibility index (Phi) is 4.81. The Bertz CT molecular complexity index is 973. The van der Waals surface area contributed by atoms with Gasteiger partial charge in [0.15, 0.2) is 0 Å². The van der Waals surface area contributed by atoms with Crippen molar-refractivity contribution < 1.29 is 14.4 Å². The van der Waals surface area contributed by atoms with E-state index in [-0.39, 0.29) is 18.4 Å². The molecule has 0 saturated carbocycles. The minimum Gasteiger partial charge on any atom is -0.341 e. The third kappa shape index (κ3) is 3.37. The molecule has 6 nitrogen and oxygen atoms in total. The second kappa shape index (κ2) is 7.17. The fourth-order valence-electron chi connectivity index (χ4n) is 4.79. The summed E-state index contributed by atoms with van der Waals surface area (Å²) in [6, 6.07) is 13.0. The van der Waals surface area contributed by atoms with Crippen molar-refractivity contribution in [2.24, 2.45) is 11.8 Å². The summed E-state index contributed by atoms with van der Waals surface area (Å²) in [6.07, 6.45) is 1.09. The van der Waals surface area contributed by atoms with Gasteiger partial charge in [-0.15, -0.1) is 0 Å². The van der Waals surface area contributed by atoms with Crippen molar-refractivity contribution in [3.05, 3.63) is 48.0 Å². The first-order valence-corrected chi connectivity index (χ1v) is 10.2. The Morgan fingerprint density at radius 2 is 1.72 bits per heavy atom. The maximum atomic E-state index is 13.3. The number of rotatable bonds is 3. The molecule has 2 aliphatic heterocycles. The van der Waals surface area contributed by atoms with Gasteiger partial charge >= 0.3 is 6.03 Å². The molecule has 2 aliphatic rings. The van der Waals surface area contributed by atoms with Crippen LogP contribution in [0.15, 0.2) is 42.5 Å². The number of amides is 4. The number of likely N-dealkylation sites (tertiary alicyclic amines) is 1. The molecule has 0 bridgehead atoms. The largest absolute Gasteiger partial charge is 0.341 e. The number of nitrogens with zero attached hydrogens (tertiary/aromatic N) is 2. The van der Waals surface area contributed by atoms with Crippen LogP contribution in [0.4, 0.5) is 4.79 Å². The molecule has 0 spiro atoms. The van der Waals surface area contributed by atoms with E-state index in [2.05, 4.69) is 19.2 Å². The number of hydrogen-bond acceptors (Lipinski definition) is 3. The molecule has 2 saturated heterocycles. The fourth-order valence-corrected chi connectivity index (χ4v) is 4.79. The normalized spacial score (nSPS) is 27.4. The number of carbonyl (C=O) groups excluding carboxylic acids is 3. The molecule has 6 heteroatoms. The predicted octanol–water partition coefficient (Wildman–Crippen LogP) is 3.11. The van der Waals surface area contributed by atoms with Crippen LogP contribution >= 0.6 is 0 Å². The van der Waals surface area contributed by atoms with Crippen LogP contribution in [0.5, 0.6) is 0 Å². The highest BCUT2D eigenvalue weighted by molar-refractivity contribution is 6.10. The molecular formula is C23H27N3O3. The molecule has 0 unspecified atom stereocenters. The average Bonchev–Trinajstić information content (AvgIpc) is 2.90. The number of hydrogen-bond donors (Lipinski definition) is 1. The van der Waals surface area contributed by atoms with E-state index in [1.807, 2.05) is 42.5 Å². The molecule has 0 aliphatic carbocycles. The van der Waals surface area contributed by atoms with Crippen molar-refractivity contribution in [2.45, 2.75) is 32.7 Å². The van der Waals surface area contributed by atoms with Gasteiger partial charge in [0.2, 0.25) is 5.91 Å². The third-order valence-corrected chi connectivity index (χ3v) is 6.12. The molecular weight excluding hydrogens is 366 g/mol. The van der Waals surface area contributed by atoms with Crippen LogP contribution in [0, 0.1) is 11.8 Å². The van der Waals surface area contributed by atoms with Gasteiger partial charge < -0.3 is 10.2 Å². The van der Waals surface area contributed by atoms with Crippen LogP contribution in [-0.4, -0.2) is 47.3 Å². The SMILES string of the molecule is C[C@@H]1C[C@H](C)CN(C(=O)CN2C(=O)N[C@@](C)(c3cccc4ccccc34)C2=O)C1. The molecule has 29 heavy (non-hydrogen) atoms. The van der Waals surface area contributed by atoms with Gasteiger partial charge in [-0.25, -0.2) is 4.79 Å². The van der Waals surface area contributed by atoms with Crippen molar-refractivity contribution >= 4 is 28.6 Å². The molecule has 4 rings (SSSR count). The highest BCUT2D eigenvalue weighted by atomic mass is 16.2. The van der Waals surface area contributed by atoms with E-state index in [1.165, 1.54) is 0 Å². The lowest BCUT2D eigenvalue weighted by Gasteiger charge is -2.35. The Hall–Kier alpha value is -2.89. The summed E-state index contributed by atoms with van der Waals surface area (Å²) in [4.78, 5) is 41.7. The van der Waals surface area contributed by atoms with E-state index in [0.717, 1.165) is 27.7 Å². The molecule has 2 fully saturated rings. The average molecular weight is 393 g/mol. The topological polar surface area (TPSA) is 69.7 Å². The lowest BCUT2D eigenvalue weighted by molar-refractivity contribution is -0.140. The Labute approximate surface area is 170 Å². The minimum atomic E-state index is -1.19. The number of piperidine rings is 1. The van der Waals surface area contributed by atoms with Gasteiger partial charge in [0.05, 0.1) is 0 Å². The number of imide groups is 1. The zero-order chi connectivity index (χ0) is 20.8. The van der Waals surface area contributed by atoms with Gasteiger partial charge in [0.1, 0.15) is 12.1 Å². The van der Waals surface area contributed by atoms with Gasteiger partial charge in [-0.3, -0.25) is 14.5 Å². The highest BCUT2D eigenvalue weighted by Gasteiger charge is 2.50. The molecule has 2 heterocycles. The van der Waals surface area contributed by atoms with Gasteiger partial charge in [0.25, 0.3) is 5.91 Å². The summed E-state index contributed by atoms with van der Waals surface area (Å²) in [5.41, 5.74) is -0.454. The molecule has 2 aromatic rings. The summed E-state index contributed by atoms with van der Waals surface area (Å²) < 4.78 is 0. The predicted molar refractivity (Wildman–Crippen MR) is 111 cm³/mol. The van der Waals surface area contributed by atoms with Crippen molar-refractivity contribution in [1.82, 2.24) is 15.1 Å². The van der Waals surface area contributed by atoms with Gasteiger partial charge in [0, 0.05) is 13.1 Å². The molecule has 4 amide bonds. The second-order valence-electron chi connectivity index (χ2n) is 8.72. The molecule has 1 N–H and O–H groups in total. The first-order chi connectivity index (χ1) is 13.8. The number of urea groups is 1. The monoisotopic (exact) mass is 393 g/mol. The maximum Gasteiger partial charge on any atom is 0.325 e. The minimum absolute atomic E-state index is 0.172. The van der Waals surface area contributed by atoms with Crippen LogP contribution in [0.2, 0.25) is 0 Å². The first kappa shape index (κ1) is 19.4. The second-order valence-corrected chi connectivity index (χ2v) is 8.72. The first-order valence-electron chi connectivity index (χ1n) is 10.2. The zero-order valence-electron chi connectivity index (χ0n) is 17.1. The summed E-state index contributed by atoms with van der Waals surface area (Å²) in [7, 11) is 0. The Morgan fingerprint density at radius 1 is 1.07 bits per heavy atom. The summed E-state index contributed by atoms with van der Waals surface area (Å²) in [5, 5.41) is 4.75. The number of fused-ring (bicyclic) bond motifs is 1. The summed E-state index contributed by atoms with van der Waals surface area (Å²) in [6.45, 7) is 7.10. The third-order valence-electron chi connectivity index (χ3n) is 6.12. The number of carbonyl (C=O) groups is 3. The van der Waals surface area contributed by atoms with Crippen molar-refractivity contribution in [3.63, 3.8) is 0 Å². The van der Waals surface area contributed by atoms with Gasteiger partial charge in [-0.1, -0.05) is 56.3 Å². The van der Waals surface area contributed by atoms with Crippen molar-refractivity contribution in [1.29, 1.82) is 0 Å². The van der Waals surface area contributed by atoms with Crippen LogP contribution in [0.1, 0.15) is 32.8 Å². The number of nitrogens with one attached hydrogen (secondary N) is 1. The molecule has 2 aromatic carbocycles. The lowest BCUT2D eigenvalue weighted by atomic mass is 9.88. The quantitative estimate of drug-likeness (QED) is 0.815. The molecule has 3 atom stereocenters. The molecule has 0 aromatic heterocycles. The van der Waals surface area contributed by atoms with E-state index in [9.17, 15) is 14.4 Å². The van der Waals surface area contributed by atoms with E-state index in [0.29, 0.717) is 24.9 Å². The van der Waals surface area contributed by atoms with E-state index in [4.69, 9.17) is 0 Å². The Morgan fingerprint density at radius 3 is 2.45 bits per heavy atom. The van der Waals surface area contributed by atoms with Gasteiger partial charge in [-0.05, 0) is 41.5 Å². The summed E-state index contributed by atoms with van der Waals surface area (Å²) >= 11 is 0. The van der Waals surface area contributed by atoms with Crippen molar-refractivity contribution in [2.75, 3.05) is 19.6 Å². The smallest absolute Gasteiger partial charge is 0.325 e. The van der Waals surface area contributed by atoms with Crippen molar-refractivity contribution in [3.8, 4) is 0 Å². The van der Waals surface area contributed by atoms with Gasteiger partial charge in [-0.2, -0.15) is 0 Å². The highest BCUT2D eigenvalue weighted by Crippen LogP contribution is 2.34. The van der Waals surface area contributed by atoms with E-state index < -0.39 is 11.6 Å². The summed E-state index contributed by atoms with van der Waals surface area (Å²) in [5.74, 6) is 0.290.